The van der Waals surface area contributed by atoms with Gasteiger partial charge in [-0.1, -0.05) is 24.3 Å². The normalized spacial score (nSPS) is 10.9. The first kappa shape index (κ1) is 8.75. The molecule has 2 rings (SSSR count). The molecule has 70 valence electrons. The topological polar surface area (TPSA) is 22.1 Å². The summed E-state index contributed by atoms with van der Waals surface area (Å²) in [4.78, 5) is 4.28. The molecule has 0 radical (unpaired) electrons. The Bertz CT molecular complexity index is 463. The highest BCUT2D eigenvalue weighted by molar-refractivity contribution is 5.82. The molecule has 0 saturated carbocycles. The molecule has 1 aromatic heterocycles. The SMILES string of the molecule is COC=Cc1cc2ccccc2cn1. The molecule has 0 atom stereocenters. The van der Waals surface area contributed by atoms with Gasteiger partial charge in [0.25, 0.3) is 0 Å². The Morgan fingerprint density at radius 3 is 2.79 bits per heavy atom. The number of ether oxygens (including phenoxy) is 1. The number of aromatic nitrogens is 1. The summed E-state index contributed by atoms with van der Waals surface area (Å²) in [6.07, 6.45) is 5.33. The largest absolute Gasteiger partial charge is 0.504 e. The Morgan fingerprint density at radius 1 is 1.21 bits per heavy atom. The van der Waals surface area contributed by atoms with Gasteiger partial charge in [-0.25, -0.2) is 0 Å². The van der Waals surface area contributed by atoms with E-state index in [1.807, 2.05) is 36.5 Å². The van der Waals surface area contributed by atoms with Crippen molar-refractivity contribution in [2.24, 2.45) is 0 Å². The standard InChI is InChI=1S/C12H11NO/c1-14-7-6-12-8-10-4-2-3-5-11(10)9-13-12/h2-9H,1H3. The van der Waals surface area contributed by atoms with Gasteiger partial charge in [0.15, 0.2) is 0 Å². The summed E-state index contributed by atoms with van der Waals surface area (Å²) in [5, 5.41) is 2.35. The van der Waals surface area contributed by atoms with E-state index in [1.165, 1.54) is 5.39 Å². The molecule has 0 amide bonds. The van der Waals surface area contributed by atoms with E-state index >= 15 is 0 Å². The Kier molecular flexibility index (Phi) is 2.45. The zero-order chi connectivity index (χ0) is 9.80. The van der Waals surface area contributed by atoms with Gasteiger partial charge in [0, 0.05) is 11.6 Å². The van der Waals surface area contributed by atoms with Gasteiger partial charge in [0.1, 0.15) is 0 Å². The lowest BCUT2D eigenvalue weighted by Gasteiger charge is -1.97. The fourth-order valence-electron chi connectivity index (χ4n) is 1.33. The maximum Gasteiger partial charge on any atom is 0.0846 e. The average molecular weight is 185 g/mol. The van der Waals surface area contributed by atoms with Crippen LogP contribution >= 0.6 is 0 Å². The van der Waals surface area contributed by atoms with Crippen LogP contribution in [0.5, 0.6) is 0 Å². The summed E-state index contributed by atoms with van der Waals surface area (Å²) in [6.45, 7) is 0. The van der Waals surface area contributed by atoms with Gasteiger partial charge in [-0.2, -0.15) is 0 Å². The number of rotatable bonds is 2. The molecule has 1 heterocycles. The van der Waals surface area contributed by atoms with Crippen molar-refractivity contribution >= 4 is 16.8 Å². The number of fused-ring (bicyclic) bond motifs is 1. The predicted molar refractivity (Wildman–Crippen MR) is 57.8 cm³/mol. The second kappa shape index (κ2) is 3.92. The molecule has 0 bridgehead atoms. The first-order valence-electron chi connectivity index (χ1n) is 4.44. The third-order valence-corrected chi connectivity index (χ3v) is 2.03. The van der Waals surface area contributed by atoms with Crippen molar-refractivity contribution in [2.75, 3.05) is 7.11 Å². The number of hydrogen-bond acceptors (Lipinski definition) is 2. The molecule has 1 aromatic carbocycles. The molecule has 0 aliphatic rings. The van der Waals surface area contributed by atoms with Crippen molar-refractivity contribution in [3.8, 4) is 0 Å². The Labute approximate surface area is 82.9 Å². The second-order valence-corrected chi connectivity index (χ2v) is 2.99. The van der Waals surface area contributed by atoms with Crippen LogP contribution in [0.2, 0.25) is 0 Å². The van der Waals surface area contributed by atoms with E-state index in [1.54, 1.807) is 13.4 Å². The highest BCUT2D eigenvalue weighted by atomic mass is 16.5. The number of benzene rings is 1. The molecule has 2 heteroatoms. The van der Waals surface area contributed by atoms with Gasteiger partial charge < -0.3 is 4.74 Å². The van der Waals surface area contributed by atoms with Crippen LogP contribution in [0, 0.1) is 0 Å². The van der Waals surface area contributed by atoms with E-state index < -0.39 is 0 Å². The number of pyridine rings is 1. The molecule has 0 aliphatic heterocycles. The van der Waals surface area contributed by atoms with Crippen LogP contribution in [0.3, 0.4) is 0 Å². The minimum Gasteiger partial charge on any atom is -0.504 e. The lowest BCUT2D eigenvalue weighted by Crippen LogP contribution is -1.81. The number of methoxy groups -OCH3 is 1. The average Bonchev–Trinajstić information content (AvgIpc) is 2.26. The third kappa shape index (κ3) is 1.74. The maximum absolute atomic E-state index is 4.84. The van der Waals surface area contributed by atoms with E-state index in [4.69, 9.17) is 4.74 Å². The predicted octanol–water partition coefficient (Wildman–Crippen LogP) is 2.85. The van der Waals surface area contributed by atoms with Crippen molar-refractivity contribution in [3.05, 3.63) is 48.5 Å². The highest BCUT2D eigenvalue weighted by Gasteiger charge is 1.93. The van der Waals surface area contributed by atoms with Crippen LogP contribution in [-0.4, -0.2) is 12.1 Å². The summed E-state index contributed by atoms with van der Waals surface area (Å²) in [5.41, 5.74) is 0.908. The molecule has 14 heavy (non-hydrogen) atoms. The monoisotopic (exact) mass is 185 g/mol. The van der Waals surface area contributed by atoms with Crippen LogP contribution in [0.4, 0.5) is 0 Å². The first-order valence-corrected chi connectivity index (χ1v) is 4.44. The minimum atomic E-state index is 0.908. The van der Waals surface area contributed by atoms with Crippen LogP contribution in [0.25, 0.3) is 16.8 Å². The van der Waals surface area contributed by atoms with E-state index in [2.05, 4.69) is 11.1 Å². The van der Waals surface area contributed by atoms with E-state index in [-0.39, 0.29) is 0 Å². The second-order valence-electron chi connectivity index (χ2n) is 2.99. The summed E-state index contributed by atoms with van der Waals surface area (Å²) < 4.78 is 4.84. The van der Waals surface area contributed by atoms with Gasteiger partial charge in [-0.3, -0.25) is 4.98 Å². The maximum atomic E-state index is 4.84. The first-order chi connectivity index (χ1) is 6.90. The van der Waals surface area contributed by atoms with Gasteiger partial charge >= 0.3 is 0 Å². The molecular formula is C12H11NO. The summed E-state index contributed by atoms with van der Waals surface area (Å²) in [7, 11) is 1.62. The van der Waals surface area contributed by atoms with Gasteiger partial charge in [0.2, 0.25) is 0 Å². The smallest absolute Gasteiger partial charge is 0.0846 e. The highest BCUT2D eigenvalue weighted by Crippen LogP contribution is 2.13. The lowest BCUT2D eigenvalue weighted by atomic mass is 10.1. The lowest BCUT2D eigenvalue weighted by molar-refractivity contribution is 0.341. The number of nitrogens with zero attached hydrogens (tertiary/aromatic N) is 1. The van der Waals surface area contributed by atoms with Crippen LogP contribution in [0.1, 0.15) is 5.69 Å². The zero-order valence-electron chi connectivity index (χ0n) is 7.97. The van der Waals surface area contributed by atoms with Crippen LogP contribution in [-0.2, 0) is 4.74 Å². The van der Waals surface area contributed by atoms with Crippen molar-refractivity contribution < 1.29 is 4.74 Å². The van der Waals surface area contributed by atoms with E-state index in [9.17, 15) is 0 Å². The molecule has 0 N–H and O–H groups in total. The van der Waals surface area contributed by atoms with Gasteiger partial charge in [-0.15, -0.1) is 0 Å². The Hall–Kier alpha value is -1.83. The molecule has 0 fully saturated rings. The van der Waals surface area contributed by atoms with E-state index in [0.29, 0.717) is 0 Å². The minimum absolute atomic E-state index is 0.908. The van der Waals surface area contributed by atoms with Crippen molar-refractivity contribution in [3.63, 3.8) is 0 Å². The van der Waals surface area contributed by atoms with Gasteiger partial charge in [-0.05, 0) is 17.5 Å². The summed E-state index contributed by atoms with van der Waals surface area (Å²) in [6, 6.07) is 10.2. The van der Waals surface area contributed by atoms with Crippen molar-refractivity contribution in [2.45, 2.75) is 0 Å². The third-order valence-electron chi connectivity index (χ3n) is 2.03. The Morgan fingerprint density at radius 2 is 2.00 bits per heavy atom. The quantitative estimate of drug-likeness (QED) is 0.671. The molecule has 0 spiro atoms. The molecule has 0 saturated heterocycles. The van der Waals surface area contributed by atoms with Gasteiger partial charge in [0.05, 0.1) is 19.1 Å². The van der Waals surface area contributed by atoms with Crippen LogP contribution < -0.4 is 0 Å². The van der Waals surface area contributed by atoms with Crippen molar-refractivity contribution in [1.29, 1.82) is 0 Å². The molecule has 2 aromatic rings. The fraction of sp³-hybridized carbons (Fsp3) is 0.0833. The molecule has 0 aliphatic carbocycles. The number of hydrogen-bond donors (Lipinski definition) is 0. The molecular weight excluding hydrogens is 174 g/mol. The molecule has 0 unspecified atom stereocenters. The van der Waals surface area contributed by atoms with Crippen LogP contribution in [0.15, 0.2) is 42.8 Å². The molecule has 2 nitrogen and oxygen atoms in total. The fourth-order valence-corrected chi connectivity index (χ4v) is 1.33. The van der Waals surface area contributed by atoms with Crippen molar-refractivity contribution in [1.82, 2.24) is 4.98 Å². The zero-order valence-corrected chi connectivity index (χ0v) is 7.97. The summed E-state index contributed by atoms with van der Waals surface area (Å²) >= 11 is 0. The Balaban J connectivity index is 2.46. The summed E-state index contributed by atoms with van der Waals surface area (Å²) in [5.74, 6) is 0. The van der Waals surface area contributed by atoms with E-state index in [0.717, 1.165) is 11.1 Å².